The minimum atomic E-state index is 0.866. The highest BCUT2D eigenvalue weighted by Gasteiger charge is 2.18. The predicted octanol–water partition coefficient (Wildman–Crippen LogP) is 3.69. The maximum Gasteiger partial charge on any atom is 0.0877 e. The van der Waals surface area contributed by atoms with E-state index in [0.29, 0.717) is 0 Å². The van der Waals surface area contributed by atoms with Gasteiger partial charge in [0, 0.05) is 28.1 Å². The van der Waals surface area contributed by atoms with Gasteiger partial charge in [0.25, 0.3) is 0 Å². The lowest BCUT2D eigenvalue weighted by atomic mass is 9.93. The second-order valence-corrected chi connectivity index (χ2v) is 3.76. The number of hydrogen-bond donors (Lipinski definition) is 2. The van der Waals surface area contributed by atoms with E-state index in [0.717, 1.165) is 28.1 Å². The molecule has 0 saturated carbocycles. The summed E-state index contributed by atoms with van der Waals surface area (Å²) < 4.78 is 0. The fourth-order valence-corrected chi connectivity index (χ4v) is 2.08. The number of nitrogens with one attached hydrogen (secondary N) is 1. The Kier molecular flexibility index (Phi) is 1.93. The average Bonchev–Trinajstić information content (AvgIpc) is 2.36. The number of hydrogen-bond acceptors (Lipinski definition) is 2. The first-order chi connectivity index (χ1) is 7.90. The Morgan fingerprint density at radius 1 is 0.812 bits per heavy atom. The fraction of sp³-hybridized carbons (Fsp3) is 0. The molecule has 0 radical (unpaired) electrons. The lowest BCUT2D eigenvalue weighted by Crippen LogP contribution is -2.05. The van der Waals surface area contributed by atoms with Crippen LogP contribution in [0.5, 0.6) is 0 Å². The molecule has 0 saturated heterocycles. The number of para-hydroxylation sites is 2. The van der Waals surface area contributed by atoms with Crippen LogP contribution >= 0.6 is 0 Å². The Labute approximate surface area is 93.9 Å². The molecule has 2 nitrogen and oxygen atoms in total. The summed E-state index contributed by atoms with van der Waals surface area (Å²) in [5.41, 5.74) is 4.99. The van der Waals surface area contributed by atoms with Crippen molar-refractivity contribution in [1.29, 1.82) is 0 Å². The first-order valence-corrected chi connectivity index (χ1v) is 5.20. The van der Waals surface area contributed by atoms with E-state index in [2.05, 4.69) is 5.32 Å². The van der Waals surface area contributed by atoms with E-state index >= 15 is 0 Å². The van der Waals surface area contributed by atoms with Crippen molar-refractivity contribution in [3.63, 3.8) is 0 Å². The molecule has 0 atom stereocenters. The molecule has 0 spiro atoms. The molecule has 2 aromatic rings. The minimum absolute atomic E-state index is 0.866. The lowest BCUT2D eigenvalue weighted by Gasteiger charge is -2.23. The predicted molar refractivity (Wildman–Crippen MR) is 65.9 cm³/mol. The van der Waals surface area contributed by atoms with Crippen molar-refractivity contribution in [3.8, 4) is 0 Å². The number of rotatable bonds is 0. The molecule has 0 bridgehead atoms. The number of anilines is 2. The molecule has 0 aromatic heterocycles. The van der Waals surface area contributed by atoms with Gasteiger partial charge in [-0.05, 0) is 12.1 Å². The number of aliphatic hydroxyl groups is 1. The van der Waals surface area contributed by atoms with E-state index in [-0.39, 0.29) is 0 Å². The van der Waals surface area contributed by atoms with Gasteiger partial charge < -0.3 is 10.4 Å². The van der Waals surface area contributed by atoms with Gasteiger partial charge in [0.2, 0.25) is 0 Å². The standard InChI is InChI=1S/C14H11NO/c16-9-12-10-5-1-3-7-13(10)15-14-8-4-2-6-11(12)14/h1-9,15-16H. The third-order valence-electron chi connectivity index (χ3n) is 2.83. The molecule has 0 amide bonds. The number of aliphatic hydroxyl groups excluding tert-OH is 1. The van der Waals surface area contributed by atoms with Crippen LogP contribution in [0.4, 0.5) is 11.4 Å². The van der Waals surface area contributed by atoms with Crippen LogP contribution in [0.1, 0.15) is 11.1 Å². The Morgan fingerprint density at radius 2 is 1.31 bits per heavy atom. The number of fused-ring (bicyclic) bond motifs is 2. The summed E-state index contributed by atoms with van der Waals surface area (Å²) in [6.45, 7) is 0. The topological polar surface area (TPSA) is 32.3 Å². The summed E-state index contributed by atoms with van der Waals surface area (Å²) in [5.74, 6) is 0. The van der Waals surface area contributed by atoms with Crippen LogP contribution in [0.3, 0.4) is 0 Å². The summed E-state index contributed by atoms with van der Waals surface area (Å²) >= 11 is 0. The quantitative estimate of drug-likeness (QED) is 0.553. The first kappa shape index (κ1) is 9.04. The SMILES string of the molecule is OC=C1c2ccccc2Nc2ccccc21. The third-order valence-corrected chi connectivity index (χ3v) is 2.83. The summed E-state index contributed by atoms with van der Waals surface area (Å²) in [5, 5.41) is 12.7. The van der Waals surface area contributed by atoms with Gasteiger partial charge in [0.1, 0.15) is 0 Å². The van der Waals surface area contributed by atoms with Crippen LogP contribution in [0.2, 0.25) is 0 Å². The fourth-order valence-electron chi connectivity index (χ4n) is 2.08. The Hall–Kier alpha value is -2.22. The Balaban J connectivity index is 2.28. The molecular weight excluding hydrogens is 198 g/mol. The molecule has 2 aromatic carbocycles. The summed E-state index contributed by atoms with van der Waals surface area (Å²) in [4.78, 5) is 0. The van der Waals surface area contributed by atoms with E-state index < -0.39 is 0 Å². The molecule has 1 aliphatic heterocycles. The molecule has 0 unspecified atom stereocenters. The molecule has 0 fully saturated rings. The van der Waals surface area contributed by atoms with E-state index in [1.54, 1.807) is 0 Å². The smallest absolute Gasteiger partial charge is 0.0877 e. The second-order valence-electron chi connectivity index (χ2n) is 3.76. The van der Waals surface area contributed by atoms with Gasteiger partial charge in [0.15, 0.2) is 0 Å². The van der Waals surface area contributed by atoms with Crippen molar-refractivity contribution in [1.82, 2.24) is 0 Å². The highest BCUT2D eigenvalue weighted by molar-refractivity contribution is 5.96. The maximum atomic E-state index is 9.39. The monoisotopic (exact) mass is 209 g/mol. The van der Waals surface area contributed by atoms with Crippen molar-refractivity contribution in [2.75, 3.05) is 5.32 Å². The van der Waals surface area contributed by atoms with Crippen LogP contribution in [0.15, 0.2) is 54.8 Å². The molecule has 16 heavy (non-hydrogen) atoms. The third kappa shape index (κ3) is 1.20. The van der Waals surface area contributed by atoms with Gasteiger partial charge in [-0.2, -0.15) is 0 Å². The van der Waals surface area contributed by atoms with Crippen molar-refractivity contribution in [2.45, 2.75) is 0 Å². The number of benzene rings is 2. The largest absolute Gasteiger partial charge is 0.515 e. The summed E-state index contributed by atoms with van der Waals surface area (Å²) in [6, 6.07) is 15.9. The summed E-state index contributed by atoms with van der Waals surface area (Å²) in [7, 11) is 0. The summed E-state index contributed by atoms with van der Waals surface area (Å²) in [6.07, 6.45) is 1.18. The highest BCUT2D eigenvalue weighted by atomic mass is 16.2. The van der Waals surface area contributed by atoms with Crippen LogP contribution in [-0.2, 0) is 0 Å². The van der Waals surface area contributed by atoms with Crippen molar-refractivity contribution in [2.24, 2.45) is 0 Å². The molecule has 2 N–H and O–H groups in total. The Bertz CT molecular complexity index is 525. The zero-order valence-corrected chi connectivity index (χ0v) is 8.64. The van der Waals surface area contributed by atoms with E-state index in [1.165, 1.54) is 6.26 Å². The molecule has 2 heteroatoms. The first-order valence-electron chi connectivity index (χ1n) is 5.20. The van der Waals surface area contributed by atoms with Crippen LogP contribution in [0.25, 0.3) is 5.57 Å². The lowest BCUT2D eigenvalue weighted by molar-refractivity contribution is 0.476. The zero-order valence-electron chi connectivity index (χ0n) is 8.64. The average molecular weight is 209 g/mol. The van der Waals surface area contributed by atoms with Gasteiger partial charge >= 0.3 is 0 Å². The zero-order chi connectivity index (χ0) is 11.0. The Morgan fingerprint density at radius 3 is 1.81 bits per heavy atom. The van der Waals surface area contributed by atoms with E-state index in [1.807, 2.05) is 48.5 Å². The van der Waals surface area contributed by atoms with Crippen molar-refractivity contribution in [3.05, 3.63) is 65.9 Å². The minimum Gasteiger partial charge on any atom is -0.515 e. The van der Waals surface area contributed by atoms with Crippen molar-refractivity contribution < 1.29 is 5.11 Å². The van der Waals surface area contributed by atoms with E-state index in [9.17, 15) is 5.11 Å². The van der Waals surface area contributed by atoms with Crippen molar-refractivity contribution >= 4 is 16.9 Å². The van der Waals surface area contributed by atoms with Crippen LogP contribution in [0, 0.1) is 0 Å². The second kappa shape index (κ2) is 3.42. The maximum absolute atomic E-state index is 9.39. The van der Waals surface area contributed by atoms with Gasteiger partial charge in [0.05, 0.1) is 6.26 Å². The molecule has 0 aliphatic carbocycles. The van der Waals surface area contributed by atoms with Crippen LogP contribution in [-0.4, -0.2) is 5.11 Å². The van der Waals surface area contributed by atoms with Gasteiger partial charge in [-0.15, -0.1) is 0 Å². The highest BCUT2D eigenvalue weighted by Crippen LogP contribution is 2.39. The molecule has 1 heterocycles. The van der Waals surface area contributed by atoms with Gasteiger partial charge in [-0.1, -0.05) is 36.4 Å². The molecule has 3 rings (SSSR count). The molecular formula is C14H11NO. The normalized spacial score (nSPS) is 12.4. The van der Waals surface area contributed by atoms with Gasteiger partial charge in [-0.3, -0.25) is 0 Å². The van der Waals surface area contributed by atoms with Gasteiger partial charge in [-0.25, -0.2) is 0 Å². The van der Waals surface area contributed by atoms with E-state index in [4.69, 9.17) is 0 Å². The van der Waals surface area contributed by atoms with Crippen LogP contribution < -0.4 is 5.32 Å². The molecule has 78 valence electrons. The molecule has 1 aliphatic rings.